The van der Waals surface area contributed by atoms with E-state index in [-0.39, 0.29) is 0 Å². The van der Waals surface area contributed by atoms with Crippen LogP contribution in [0.1, 0.15) is 46.0 Å². The van der Waals surface area contributed by atoms with E-state index in [4.69, 9.17) is 0 Å². The molecule has 0 radical (unpaired) electrons. The minimum absolute atomic E-state index is 0.757. The average molecular weight is 224 g/mol. The lowest BCUT2D eigenvalue weighted by molar-refractivity contribution is 0.215. The Bertz CT molecular complexity index is 207. The highest BCUT2D eigenvalue weighted by Gasteiger charge is 2.35. The first-order chi connectivity index (χ1) is 7.70. The Labute approximate surface area is 101 Å². The number of rotatable bonds is 8. The minimum atomic E-state index is 0.757. The van der Waals surface area contributed by atoms with E-state index in [1.54, 1.807) is 0 Å². The van der Waals surface area contributed by atoms with Gasteiger partial charge in [0.15, 0.2) is 0 Å². The number of nitrogens with one attached hydrogen (secondary N) is 1. The Morgan fingerprint density at radius 1 is 1.19 bits per heavy atom. The van der Waals surface area contributed by atoms with Crippen LogP contribution in [0.3, 0.4) is 0 Å². The van der Waals surface area contributed by atoms with Crippen LogP contribution in [0.5, 0.6) is 0 Å². The predicted molar refractivity (Wildman–Crippen MR) is 69.6 cm³/mol. The fraction of sp³-hybridized carbons (Fsp3) is 1.00. The van der Waals surface area contributed by atoms with Crippen molar-refractivity contribution in [3.63, 3.8) is 0 Å². The Morgan fingerprint density at radius 3 is 2.31 bits per heavy atom. The summed E-state index contributed by atoms with van der Waals surface area (Å²) in [5.74, 6) is 1.82. The molecule has 0 aromatic rings. The van der Waals surface area contributed by atoms with Crippen molar-refractivity contribution in [1.29, 1.82) is 0 Å². The fourth-order valence-electron chi connectivity index (χ4n) is 2.51. The highest BCUT2D eigenvalue weighted by Crippen LogP contribution is 2.35. The molecule has 0 amide bonds. The molecule has 1 N–H and O–H groups in total. The number of likely N-dealkylation sites (N-methyl/N-ethyl adjacent to an activating group) is 1. The summed E-state index contributed by atoms with van der Waals surface area (Å²) >= 11 is 0. The summed E-state index contributed by atoms with van der Waals surface area (Å²) in [6, 6.07) is 1.68. The SMILES string of the molecule is CNC(CN(CCC(C)C)C1CC1)C1CC1. The second-order valence-electron chi connectivity index (χ2n) is 6.14. The Hall–Kier alpha value is -0.0800. The Morgan fingerprint density at radius 2 is 1.88 bits per heavy atom. The van der Waals surface area contributed by atoms with Crippen molar-refractivity contribution in [3.05, 3.63) is 0 Å². The van der Waals surface area contributed by atoms with Gasteiger partial charge < -0.3 is 5.32 Å². The minimum Gasteiger partial charge on any atom is -0.315 e. The second kappa shape index (κ2) is 5.50. The highest BCUT2D eigenvalue weighted by molar-refractivity contribution is 4.92. The van der Waals surface area contributed by atoms with E-state index >= 15 is 0 Å². The van der Waals surface area contributed by atoms with Crippen LogP contribution in [0, 0.1) is 11.8 Å². The predicted octanol–water partition coefficient (Wildman–Crippen LogP) is 2.49. The van der Waals surface area contributed by atoms with Crippen LogP contribution < -0.4 is 5.32 Å². The van der Waals surface area contributed by atoms with Gasteiger partial charge in [0.05, 0.1) is 0 Å². The third-order valence-electron chi connectivity index (χ3n) is 4.05. The summed E-state index contributed by atoms with van der Waals surface area (Å²) in [5.41, 5.74) is 0. The highest BCUT2D eigenvalue weighted by atomic mass is 15.2. The van der Waals surface area contributed by atoms with Crippen LogP contribution in [0.4, 0.5) is 0 Å². The molecule has 0 aromatic heterocycles. The van der Waals surface area contributed by atoms with Crippen molar-refractivity contribution < 1.29 is 0 Å². The van der Waals surface area contributed by atoms with Crippen molar-refractivity contribution >= 4 is 0 Å². The Balaban J connectivity index is 1.76. The maximum Gasteiger partial charge on any atom is 0.0220 e. The van der Waals surface area contributed by atoms with Crippen LogP contribution in [-0.4, -0.2) is 37.1 Å². The quantitative estimate of drug-likeness (QED) is 0.681. The molecule has 2 aliphatic carbocycles. The van der Waals surface area contributed by atoms with E-state index < -0.39 is 0 Å². The van der Waals surface area contributed by atoms with E-state index in [0.29, 0.717) is 0 Å². The van der Waals surface area contributed by atoms with Gasteiger partial charge in [0.1, 0.15) is 0 Å². The summed E-state index contributed by atoms with van der Waals surface area (Å²) in [7, 11) is 2.14. The van der Waals surface area contributed by atoms with Gasteiger partial charge in [0.2, 0.25) is 0 Å². The molecule has 1 unspecified atom stereocenters. The first kappa shape index (κ1) is 12.4. The van der Waals surface area contributed by atoms with Gasteiger partial charge >= 0.3 is 0 Å². The first-order valence-corrected chi connectivity index (χ1v) is 7.12. The van der Waals surface area contributed by atoms with Crippen molar-refractivity contribution in [3.8, 4) is 0 Å². The summed E-state index contributed by atoms with van der Waals surface area (Å²) in [6.07, 6.45) is 7.15. The van der Waals surface area contributed by atoms with Gasteiger partial charge in [0.25, 0.3) is 0 Å². The summed E-state index contributed by atoms with van der Waals surface area (Å²) in [6.45, 7) is 7.27. The smallest absolute Gasteiger partial charge is 0.0220 e. The van der Waals surface area contributed by atoms with Crippen LogP contribution >= 0.6 is 0 Å². The van der Waals surface area contributed by atoms with Gasteiger partial charge in [-0.25, -0.2) is 0 Å². The van der Waals surface area contributed by atoms with Gasteiger partial charge in [-0.15, -0.1) is 0 Å². The lowest BCUT2D eigenvalue weighted by Crippen LogP contribution is -2.42. The van der Waals surface area contributed by atoms with E-state index in [9.17, 15) is 0 Å². The largest absolute Gasteiger partial charge is 0.315 e. The second-order valence-corrected chi connectivity index (χ2v) is 6.14. The maximum absolute atomic E-state index is 3.52. The maximum atomic E-state index is 3.52. The van der Waals surface area contributed by atoms with Crippen molar-refractivity contribution in [2.45, 2.75) is 58.0 Å². The summed E-state index contributed by atoms with van der Waals surface area (Å²) in [5, 5.41) is 3.52. The third-order valence-corrected chi connectivity index (χ3v) is 4.05. The van der Waals surface area contributed by atoms with E-state index in [0.717, 1.165) is 23.9 Å². The monoisotopic (exact) mass is 224 g/mol. The lowest BCUT2D eigenvalue weighted by Gasteiger charge is -2.28. The zero-order valence-corrected chi connectivity index (χ0v) is 11.2. The van der Waals surface area contributed by atoms with E-state index in [1.807, 2.05) is 0 Å². The molecule has 0 heterocycles. The van der Waals surface area contributed by atoms with Gasteiger partial charge in [-0.05, 0) is 57.5 Å². The van der Waals surface area contributed by atoms with Crippen molar-refractivity contribution in [2.75, 3.05) is 20.1 Å². The average Bonchev–Trinajstić information content (AvgIpc) is 3.09. The number of hydrogen-bond acceptors (Lipinski definition) is 2. The molecule has 0 bridgehead atoms. The van der Waals surface area contributed by atoms with E-state index in [1.165, 1.54) is 45.2 Å². The van der Waals surface area contributed by atoms with Gasteiger partial charge in [-0.2, -0.15) is 0 Å². The zero-order chi connectivity index (χ0) is 11.5. The molecule has 0 aliphatic heterocycles. The molecule has 2 rings (SSSR count). The number of hydrogen-bond donors (Lipinski definition) is 1. The molecule has 0 spiro atoms. The van der Waals surface area contributed by atoms with Crippen LogP contribution in [-0.2, 0) is 0 Å². The summed E-state index contributed by atoms with van der Waals surface area (Å²) in [4.78, 5) is 2.75. The standard InChI is InChI=1S/C14H28N2/c1-11(2)8-9-16(13-6-7-13)10-14(15-3)12-4-5-12/h11-15H,4-10H2,1-3H3. The van der Waals surface area contributed by atoms with Crippen molar-refractivity contribution in [1.82, 2.24) is 10.2 Å². The fourth-order valence-corrected chi connectivity index (χ4v) is 2.51. The topological polar surface area (TPSA) is 15.3 Å². The molecular weight excluding hydrogens is 196 g/mol. The molecule has 2 fully saturated rings. The normalized spacial score (nSPS) is 23.1. The molecule has 0 saturated heterocycles. The molecular formula is C14H28N2. The Kier molecular flexibility index (Phi) is 4.26. The molecule has 0 aromatic carbocycles. The molecule has 2 heteroatoms. The first-order valence-electron chi connectivity index (χ1n) is 7.12. The molecule has 1 atom stereocenters. The van der Waals surface area contributed by atoms with Crippen molar-refractivity contribution in [2.24, 2.45) is 11.8 Å². The third kappa shape index (κ3) is 3.74. The lowest BCUT2D eigenvalue weighted by atomic mass is 10.1. The molecule has 2 aliphatic rings. The number of nitrogens with zero attached hydrogens (tertiary/aromatic N) is 1. The molecule has 16 heavy (non-hydrogen) atoms. The van der Waals surface area contributed by atoms with Crippen LogP contribution in [0.15, 0.2) is 0 Å². The van der Waals surface area contributed by atoms with Gasteiger partial charge in [-0.1, -0.05) is 13.8 Å². The molecule has 94 valence electrons. The van der Waals surface area contributed by atoms with Gasteiger partial charge in [0, 0.05) is 18.6 Å². The summed E-state index contributed by atoms with van der Waals surface area (Å²) < 4.78 is 0. The van der Waals surface area contributed by atoms with Crippen LogP contribution in [0.2, 0.25) is 0 Å². The molecule has 2 nitrogen and oxygen atoms in total. The molecule has 2 saturated carbocycles. The van der Waals surface area contributed by atoms with Crippen LogP contribution in [0.25, 0.3) is 0 Å². The zero-order valence-electron chi connectivity index (χ0n) is 11.2. The van der Waals surface area contributed by atoms with E-state index in [2.05, 4.69) is 31.1 Å². The van der Waals surface area contributed by atoms with Gasteiger partial charge in [-0.3, -0.25) is 4.90 Å².